The summed E-state index contributed by atoms with van der Waals surface area (Å²) in [6.45, 7) is 4.78. The molecule has 0 aliphatic rings. The van der Waals surface area contributed by atoms with E-state index in [1.54, 1.807) is 13.8 Å². The maximum Gasteiger partial charge on any atom is 0.328 e. The smallest absolute Gasteiger partial charge is 0.328 e. The fourth-order valence-electron chi connectivity index (χ4n) is 1.95. The molecule has 0 heterocycles. The van der Waals surface area contributed by atoms with Crippen LogP contribution in [0.2, 0.25) is 0 Å². The van der Waals surface area contributed by atoms with Crippen LogP contribution in [0.25, 0.3) is 0 Å². The van der Waals surface area contributed by atoms with E-state index in [-0.39, 0.29) is 11.5 Å². The lowest BCUT2D eigenvalue weighted by molar-refractivity contribution is -0.151. The summed E-state index contributed by atoms with van der Waals surface area (Å²) in [6.07, 6.45) is 1.70. The molecule has 0 aliphatic carbocycles. The van der Waals surface area contributed by atoms with E-state index in [9.17, 15) is 19.5 Å². The van der Waals surface area contributed by atoms with Gasteiger partial charge in [0.25, 0.3) is 0 Å². The Morgan fingerprint density at radius 3 is 2.42 bits per heavy atom. The van der Waals surface area contributed by atoms with Crippen LogP contribution in [0.5, 0.6) is 0 Å². The monoisotopic (exact) mass is 350 g/mol. The molecule has 1 unspecified atom stereocenters. The van der Waals surface area contributed by atoms with Gasteiger partial charge in [-0.25, -0.2) is 9.80 Å². The Bertz CT molecular complexity index is 604. The molecule has 7 heteroatoms. The molecule has 0 saturated heterocycles. The average Bonchev–Trinajstić information content (AvgIpc) is 2.56. The average molecular weight is 350 g/mol. The second-order valence-electron chi connectivity index (χ2n) is 5.30. The molecule has 0 bridgehead atoms. The summed E-state index contributed by atoms with van der Waals surface area (Å²) in [7, 11) is 0. The number of carbonyl (C=O) groups is 3. The zero-order chi connectivity index (χ0) is 18.1. The Morgan fingerprint density at radius 1 is 1.29 bits per heavy atom. The molecule has 6 nitrogen and oxygen atoms in total. The second-order valence-corrected chi connectivity index (χ2v) is 6.50. The number of hydrazone groups is 1. The lowest BCUT2D eigenvalue weighted by Gasteiger charge is -2.25. The van der Waals surface area contributed by atoms with Gasteiger partial charge in [0, 0.05) is 18.6 Å². The van der Waals surface area contributed by atoms with Crippen LogP contribution >= 0.6 is 11.8 Å². The van der Waals surface area contributed by atoms with Gasteiger partial charge >= 0.3 is 5.97 Å². The Hall–Kier alpha value is -2.15. The number of hydrogen-bond acceptors (Lipinski definition) is 5. The molecular formula is C17H22N2O4S. The lowest BCUT2D eigenvalue weighted by atomic mass is 10.1. The molecule has 0 aliphatic heterocycles. The predicted octanol–water partition coefficient (Wildman–Crippen LogP) is 2.63. The van der Waals surface area contributed by atoms with Crippen LogP contribution in [0.1, 0.15) is 32.8 Å². The molecule has 130 valence electrons. The molecule has 1 aromatic carbocycles. The van der Waals surface area contributed by atoms with Crippen LogP contribution in [-0.4, -0.2) is 45.1 Å². The Labute approximate surface area is 145 Å². The maximum absolute atomic E-state index is 12.6. The molecule has 24 heavy (non-hydrogen) atoms. The van der Waals surface area contributed by atoms with Crippen molar-refractivity contribution in [1.82, 2.24) is 5.01 Å². The number of hydrogen-bond donors (Lipinski definition) is 1. The summed E-state index contributed by atoms with van der Waals surface area (Å²) < 4.78 is 0. The molecule has 1 aromatic rings. The minimum Gasteiger partial charge on any atom is -0.480 e. The van der Waals surface area contributed by atoms with Crippen LogP contribution in [0.15, 0.2) is 35.4 Å². The number of thioether (sulfide) groups is 1. The van der Waals surface area contributed by atoms with Crippen LogP contribution in [-0.2, 0) is 14.4 Å². The number of amides is 1. The maximum atomic E-state index is 12.6. The van der Waals surface area contributed by atoms with Gasteiger partial charge in [0.1, 0.15) is 0 Å². The van der Waals surface area contributed by atoms with Gasteiger partial charge < -0.3 is 5.11 Å². The molecule has 0 fully saturated rings. The minimum absolute atomic E-state index is 0.0840. The SMILES string of the molecule is CC[C@@H](C(=O)O)N(N=Cc1ccccc1)C(=O)C(C)CSC(C)=O. The van der Waals surface area contributed by atoms with Crippen molar-refractivity contribution in [3.63, 3.8) is 0 Å². The quantitative estimate of drug-likeness (QED) is 0.575. The van der Waals surface area contributed by atoms with E-state index in [4.69, 9.17) is 0 Å². The Balaban J connectivity index is 3.00. The molecule has 1 N–H and O–H groups in total. The van der Waals surface area contributed by atoms with E-state index in [1.807, 2.05) is 30.3 Å². The standard InChI is InChI=1S/C17H22N2O4S/c1-4-15(17(22)23)19(16(21)12(2)11-24-13(3)20)18-10-14-8-6-5-7-9-14/h5-10,12,15H,4,11H2,1-3H3,(H,22,23)/t12?,15-/m0/s1. The lowest BCUT2D eigenvalue weighted by Crippen LogP contribution is -2.44. The summed E-state index contributed by atoms with van der Waals surface area (Å²) in [5, 5.41) is 14.4. The summed E-state index contributed by atoms with van der Waals surface area (Å²) in [5.41, 5.74) is 0.765. The fraction of sp³-hybridized carbons (Fsp3) is 0.412. The number of carbonyl (C=O) groups excluding carboxylic acids is 2. The van der Waals surface area contributed by atoms with E-state index >= 15 is 0 Å². The van der Waals surface area contributed by atoms with Gasteiger partial charge in [-0.3, -0.25) is 9.59 Å². The van der Waals surface area contributed by atoms with E-state index < -0.39 is 23.8 Å². The molecule has 2 atom stereocenters. The van der Waals surface area contributed by atoms with Crippen molar-refractivity contribution < 1.29 is 19.5 Å². The minimum atomic E-state index is -1.11. The first kappa shape index (κ1) is 19.9. The third kappa shape index (κ3) is 6.16. The molecular weight excluding hydrogens is 328 g/mol. The zero-order valence-corrected chi connectivity index (χ0v) is 14.8. The molecule has 0 spiro atoms. The highest BCUT2D eigenvalue weighted by Crippen LogP contribution is 2.16. The van der Waals surface area contributed by atoms with Crippen molar-refractivity contribution in [2.24, 2.45) is 11.0 Å². The topological polar surface area (TPSA) is 87.0 Å². The largest absolute Gasteiger partial charge is 0.480 e. The van der Waals surface area contributed by atoms with Crippen molar-refractivity contribution in [2.75, 3.05) is 5.75 Å². The van der Waals surface area contributed by atoms with E-state index in [0.717, 1.165) is 22.3 Å². The van der Waals surface area contributed by atoms with E-state index in [2.05, 4.69) is 5.10 Å². The number of carboxylic acid groups (broad SMARTS) is 1. The molecule has 1 rings (SSSR count). The number of benzene rings is 1. The first-order valence-electron chi connectivity index (χ1n) is 7.65. The summed E-state index contributed by atoms with van der Waals surface area (Å²) in [6, 6.07) is 8.09. The Morgan fingerprint density at radius 2 is 1.92 bits per heavy atom. The van der Waals surface area contributed by atoms with Crippen LogP contribution in [0, 0.1) is 5.92 Å². The number of carboxylic acids is 1. The number of rotatable bonds is 8. The first-order valence-corrected chi connectivity index (χ1v) is 8.63. The summed E-state index contributed by atoms with van der Waals surface area (Å²) in [5.74, 6) is -1.74. The Kier molecular flexibility index (Phi) is 8.18. The van der Waals surface area contributed by atoms with Crippen molar-refractivity contribution >= 4 is 35.0 Å². The summed E-state index contributed by atoms with van der Waals surface area (Å²) in [4.78, 5) is 35.1. The second kappa shape index (κ2) is 9.87. The summed E-state index contributed by atoms with van der Waals surface area (Å²) >= 11 is 1.04. The van der Waals surface area contributed by atoms with Gasteiger partial charge in [-0.2, -0.15) is 5.10 Å². The zero-order valence-electron chi connectivity index (χ0n) is 14.0. The third-order valence-corrected chi connectivity index (χ3v) is 4.35. The van der Waals surface area contributed by atoms with Gasteiger partial charge in [0.05, 0.1) is 6.21 Å². The van der Waals surface area contributed by atoms with Gasteiger partial charge in [-0.1, -0.05) is 55.9 Å². The highest BCUT2D eigenvalue weighted by atomic mass is 32.2. The highest BCUT2D eigenvalue weighted by Gasteiger charge is 2.31. The van der Waals surface area contributed by atoms with Gasteiger partial charge in [0.15, 0.2) is 11.2 Å². The van der Waals surface area contributed by atoms with Gasteiger partial charge in [-0.15, -0.1) is 0 Å². The van der Waals surface area contributed by atoms with Crippen molar-refractivity contribution in [1.29, 1.82) is 0 Å². The fourth-order valence-corrected chi connectivity index (χ4v) is 2.58. The van der Waals surface area contributed by atoms with Crippen molar-refractivity contribution in [3.05, 3.63) is 35.9 Å². The normalized spacial score (nSPS) is 13.5. The van der Waals surface area contributed by atoms with Gasteiger partial charge in [0.2, 0.25) is 5.91 Å². The van der Waals surface area contributed by atoms with E-state index in [0.29, 0.717) is 5.75 Å². The number of aliphatic carboxylic acids is 1. The first-order chi connectivity index (χ1) is 11.4. The van der Waals surface area contributed by atoms with Crippen molar-refractivity contribution in [2.45, 2.75) is 33.2 Å². The predicted molar refractivity (Wildman–Crippen MR) is 94.9 cm³/mol. The molecule has 0 aromatic heterocycles. The number of nitrogens with zero attached hydrogens (tertiary/aromatic N) is 2. The van der Waals surface area contributed by atoms with Crippen LogP contribution < -0.4 is 0 Å². The van der Waals surface area contributed by atoms with Crippen molar-refractivity contribution in [3.8, 4) is 0 Å². The molecule has 0 radical (unpaired) electrons. The van der Waals surface area contributed by atoms with E-state index in [1.165, 1.54) is 13.1 Å². The van der Waals surface area contributed by atoms with Crippen LogP contribution in [0.3, 0.4) is 0 Å². The highest BCUT2D eigenvalue weighted by molar-refractivity contribution is 8.13. The molecule has 1 amide bonds. The molecule has 0 saturated carbocycles. The van der Waals surface area contributed by atoms with Gasteiger partial charge in [-0.05, 0) is 12.0 Å². The third-order valence-electron chi connectivity index (χ3n) is 3.28. The van der Waals surface area contributed by atoms with Crippen LogP contribution in [0.4, 0.5) is 0 Å².